The van der Waals surface area contributed by atoms with E-state index in [0.717, 1.165) is 39.2 Å². The Balaban J connectivity index is 1.95. The fraction of sp³-hybridized carbons (Fsp3) is 0.657. The lowest BCUT2D eigenvalue weighted by Gasteiger charge is -2.45. The van der Waals surface area contributed by atoms with Crippen LogP contribution >= 0.6 is 15.9 Å². The van der Waals surface area contributed by atoms with Crippen LogP contribution in [0.25, 0.3) is 0 Å². The fourth-order valence-electron chi connectivity index (χ4n) is 7.41. The molecule has 0 spiro atoms. The van der Waals surface area contributed by atoms with Crippen LogP contribution in [0.2, 0.25) is 0 Å². The standard InChI is InChI=1S/C35H48BrF3O5/c1-22(27-16-17-28-25(20-36)13-12-18-33(27,28)7)19-29(24(3)23(2)21-43-30(40)32(4,5)6)44-31(41)34(42-8,35(37,38)39)26-14-10-9-11-15-26/h9-11,14-15,20,22,24,27-29H,2,12-13,16-19,21H2,1,3-8H3/b25-20+/t22-,24+,27-,28+,29+,33-,34-/m1/s1. The van der Waals surface area contributed by atoms with Crippen molar-refractivity contribution in [3.05, 3.63) is 58.6 Å². The first-order valence-electron chi connectivity index (χ1n) is 15.5. The molecule has 2 aliphatic rings. The van der Waals surface area contributed by atoms with Crippen LogP contribution in [0.5, 0.6) is 0 Å². The van der Waals surface area contributed by atoms with Crippen molar-refractivity contribution in [2.24, 2.45) is 34.5 Å². The molecule has 0 N–H and O–H groups in total. The summed E-state index contributed by atoms with van der Waals surface area (Å²) in [5, 5.41) is 0. The maximum Gasteiger partial charge on any atom is 0.432 e. The molecule has 0 bridgehead atoms. The molecule has 0 saturated heterocycles. The Labute approximate surface area is 269 Å². The highest BCUT2D eigenvalue weighted by Gasteiger charge is 2.64. The van der Waals surface area contributed by atoms with Gasteiger partial charge in [-0.15, -0.1) is 0 Å². The van der Waals surface area contributed by atoms with Gasteiger partial charge >= 0.3 is 18.1 Å². The molecule has 2 aliphatic carbocycles. The second kappa shape index (κ2) is 14.1. The number of carbonyl (C=O) groups excluding carboxylic acids is 2. The number of alkyl halides is 3. The van der Waals surface area contributed by atoms with Gasteiger partial charge in [0.15, 0.2) is 0 Å². The molecular weight excluding hydrogens is 637 g/mol. The van der Waals surface area contributed by atoms with Gasteiger partial charge < -0.3 is 14.2 Å². The van der Waals surface area contributed by atoms with Gasteiger partial charge in [0.05, 0.1) is 5.41 Å². The molecule has 0 aliphatic heterocycles. The van der Waals surface area contributed by atoms with E-state index in [4.69, 9.17) is 14.2 Å². The largest absolute Gasteiger partial charge is 0.461 e. The number of benzene rings is 1. The molecule has 246 valence electrons. The molecule has 2 fully saturated rings. The predicted molar refractivity (Wildman–Crippen MR) is 169 cm³/mol. The van der Waals surface area contributed by atoms with Crippen molar-refractivity contribution < 1.29 is 37.0 Å². The first-order valence-corrected chi connectivity index (χ1v) is 16.4. The predicted octanol–water partition coefficient (Wildman–Crippen LogP) is 9.31. The highest BCUT2D eigenvalue weighted by Crippen LogP contribution is 2.60. The van der Waals surface area contributed by atoms with E-state index in [9.17, 15) is 22.8 Å². The summed E-state index contributed by atoms with van der Waals surface area (Å²) in [6.45, 7) is 15.3. The third-order valence-corrected chi connectivity index (χ3v) is 10.7. The van der Waals surface area contributed by atoms with Gasteiger partial charge in [0.1, 0.15) is 12.7 Å². The minimum Gasteiger partial charge on any atom is -0.461 e. The zero-order valence-corrected chi connectivity index (χ0v) is 28.6. The van der Waals surface area contributed by atoms with Gasteiger partial charge in [-0.05, 0) is 93.0 Å². The molecule has 3 rings (SSSR count). The van der Waals surface area contributed by atoms with Crippen molar-refractivity contribution in [2.45, 2.75) is 97.9 Å². The van der Waals surface area contributed by atoms with Gasteiger partial charge in [0, 0.05) is 18.6 Å². The highest BCUT2D eigenvalue weighted by molar-refractivity contribution is 9.11. The molecule has 0 unspecified atom stereocenters. The summed E-state index contributed by atoms with van der Waals surface area (Å²) in [5.41, 5.74) is -2.49. The van der Waals surface area contributed by atoms with Crippen LogP contribution in [0.1, 0.15) is 85.6 Å². The molecular formula is C35H48BrF3O5. The van der Waals surface area contributed by atoms with Crippen LogP contribution in [0, 0.1) is 34.5 Å². The van der Waals surface area contributed by atoms with E-state index in [1.165, 1.54) is 29.8 Å². The van der Waals surface area contributed by atoms with Crippen molar-refractivity contribution in [2.75, 3.05) is 13.7 Å². The van der Waals surface area contributed by atoms with Crippen molar-refractivity contribution in [1.29, 1.82) is 0 Å². The first kappa shape index (κ1) is 36.3. The Kier molecular flexibility index (Phi) is 11.6. The van der Waals surface area contributed by atoms with Crippen LogP contribution in [0.3, 0.4) is 0 Å². The summed E-state index contributed by atoms with van der Waals surface area (Å²) in [6.07, 6.45) is -0.479. The monoisotopic (exact) mass is 684 g/mol. The van der Waals surface area contributed by atoms with Crippen LogP contribution in [0.15, 0.2) is 53.0 Å². The van der Waals surface area contributed by atoms with Crippen LogP contribution in [0.4, 0.5) is 13.2 Å². The molecule has 5 nitrogen and oxygen atoms in total. The summed E-state index contributed by atoms with van der Waals surface area (Å²) in [7, 11) is 0.866. The van der Waals surface area contributed by atoms with Crippen LogP contribution in [-0.4, -0.2) is 37.9 Å². The third-order valence-electron chi connectivity index (χ3n) is 10.1. The van der Waals surface area contributed by atoms with Gasteiger partial charge in [0.25, 0.3) is 5.60 Å². The van der Waals surface area contributed by atoms with Crippen molar-refractivity contribution >= 4 is 27.9 Å². The molecule has 2 saturated carbocycles. The Morgan fingerprint density at radius 2 is 1.75 bits per heavy atom. The topological polar surface area (TPSA) is 61.8 Å². The van der Waals surface area contributed by atoms with Crippen LogP contribution < -0.4 is 0 Å². The van der Waals surface area contributed by atoms with Crippen molar-refractivity contribution in [3.63, 3.8) is 0 Å². The molecule has 0 radical (unpaired) electrons. The maximum absolute atomic E-state index is 14.7. The maximum atomic E-state index is 14.7. The summed E-state index contributed by atoms with van der Waals surface area (Å²) in [5.74, 6) is -1.78. The number of hydrogen-bond acceptors (Lipinski definition) is 5. The molecule has 7 atom stereocenters. The number of esters is 2. The number of ether oxygens (including phenoxy) is 3. The number of rotatable bonds is 11. The number of fused-ring (bicyclic) bond motifs is 1. The van der Waals surface area contributed by atoms with Gasteiger partial charge in [0.2, 0.25) is 0 Å². The number of hydrogen-bond donors (Lipinski definition) is 0. The van der Waals surface area contributed by atoms with E-state index in [2.05, 4.69) is 41.3 Å². The highest BCUT2D eigenvalue weighted by atomic mass is 79.9. The molecule has 0 heterocycles. The van der Waals surface area contributed by atoms with E-state index in [0.29, 0.717) is 23.8 Å². The SMILES string of the molecule is C=C(COC(=O)C(C)(C)C)[C@H](C)[C@H](C[C@@H](C)[C@H]1CC[C@H]2/C(=C/Br)CCC[C@]12C)OC(=O)[C@](OC)(c1ccccc1)C(F)(F)F. The lowest BCUT2D eigenvalue weighted by Crippen LogP contribution is -2.53. The number of methoxy groups -OCH3 is 1. The molecule has 0 amide bonds. The fourth-order valence-corrected chi connectivity index (χ4v) is 7.95. The van der Waals surface area contributed by atoms with Gasteiger partial charge in [-0.1, -0.05) is 79.2 Å². The van der Waals surface area contributed by atoms with Gasteiger partial charge in [-0.2, -0.15) is 13.2 Å². The number of carbonyl (C=O) groups is 2. The minimum atomic E-state index is -5.09. The Hall–Kier alpha value is -2.13. The molecule has 44 heavy (non-hydrogen) atoms. The second-order valence-electron chi connectivity index (χ2n) is 14.0. The van der Waals surface area contributed by atoms with Gasteiger partial charge in [-0.3, -0.25) is 4.79 Å². The van der Waals surface area contributed by atoms with Gasteiger partial charge in [-0.25, -0.2) is 4.79 Å². The number of halogens is 4. The number of allylic oxidation sites excluding steroid dienone is 1. The van der Waals surface area contributed by atoms with E-state index < -0.39 is 41.2 Å². The van der Waals surface area contributed by atoms with E-state index in [1.54, 1.807) is 33.8 Å². The van der Waals surface area contributed by atoms with E-state index in [-0.39, 0.29) is 23.5 Å². The van der Waals surface area contributed by atoms with Crippen molar-refractivity contribution in [3.8, 4) is 0 Å². The third kappa shape index (κ3) is 7.30. The second-order valence-corrected chi connectivity index (χ2v) is 14.4. The molecule has 9 heteroatoms. The Morgan fingerprint density at radius 1 is 1.11 bits per heavy atom. The van der Waals surface area contributed by atoms with E-state index >= 15 is 0 Å². The lowest BCUT2D eigenvalue weighted by atomic mass is 9.61. The van der Waals surface area contributed by atoms with E-state index in [1.807, 2.05) is 0 Å². The molecule has 0 aromatic heterocycles. The quantitative estimate of drug-likeness (QED) is 0.172. The normalized spacial score (nSPS) is 26.7. The summed E-state index contributed by atoms with van der Waals surface area (Å²) in [6, 6.07) is 6.83. The molecule has 1 aromatic carbocycles. The Bertz CT molecular complexity index is 1210. The lowest BCUT2D eigenvalue weighted by molar-refractivity contribution is -0.279. The minimum absolute atomic E-state index is 0.0319. The summed E-state index contributed by atoms with van der Waals surface area (Å²) >= 11 is 3.56. The summed E-state index contributed by atoms with van der Waals surface area (Å²) < 4.78 is 60.6. The van der Waals surface area contributed by atoms with Crippen LogP contribution in [-0.2, 0) is 29.4 Å². The molecule has 1 aromatic rings. The average Bonchev–Trinajstić information content (AvgIpc) is 3.32. The average molecular weight is 686 g/mol. The zero-order valence-electron chi connectivity index (χ0n) is 27.1. The zero-order chi connectivity index (χ0) is 33.1. The smallest absolute Gasteiger partial charge is 0.432 e. The Morgan fingerprint density at radius 3 is 2.30 bits per heavy atom. The van der Waals surface area contributed by atoms with Crippen molar-refractivity contribution in [1.82, 2.24) is 0 Å². The summed E-state index contributed by atoms with van der Waals surface area (Å²) in [4.78, 5) is 28.3. The first-order chi connectivity index (χ1) is 20.4.